The summed E-state index contributed by atoms with van der Waals surface area (Å²) in [5, 5.41) is 3.22. The van der Waals surface area contributed by atoms with Crippen LogP contribution in [0.25, 0.3) is 0 Å². The van der Waals surface area contributed by atoms with Gasteiger partial charge in [-0.2, -0.15) is 13.2 Å². The summed E-state index contributed by atoms with van der Waals surface area (Å²) < 4.78 is 44.6. The van der Waals surface area contributed by atoms with Gasteiger partial charge in [-0.3, -0.25) is 0 Å². The molecule has 0 amide bonds. The molecule has 0 radical (unpaired) electrons. The van der Waals surface area contributed by atoms with E-state index in [-0.39, 0.29) is 10.1 Å². The third-order valence-corrected chi connectivity index (χ3v) is 3.66. The number of aromatic nitrogens is 1. The maximum atomic E-state index is 13.2. The average Bonchev–Trinajstić information content (AvgIpc) is 2.82. The molecular formula is C14H15F3N2OS. The first-order valence-electron chi connectivity index (χ1n) is 6.41. The summed E-state index contributed by atoms with van der Waals surface area (Å²) >= 11 is 0.876. The molecule has 0 saturated heterocycles. The van der Waals surface area contributed by atoms with Gasteiger partial charge in [0.15, 0.2) is 0 Å². The predicted octanol–water partition coefficient (Wildman–Crippen LogP) is 4.26. The summed E-state index contributed by atoms with van der Waals surface area (Å²) in [6, 6.07) is 4.30. The molecule has 114 valence electrons. The lowest BCUT2D eigenvalue weighted by atomic mass is 10.1. The summed E-state index contributed by atoms with van der Waals surface area (Å²) in [4.78, 5) is 4.11. The first-order chi connectivity index (χ1) is 9.90. The number of rotatable bonds is 5. The minimum atomic E-state index is -4.41. The lowest BCUT2D eigenvalue weighted by Crippen LogP contribution is -2.13. The Hall–Kier alpha value is -1.47. The Kier molecular flexibility index (Phi) is 4.95. The second-order valence-electron chi connectivity index (χ2n) is 4.47. The number of hydrogen-bond donors (Lipinski definition) is 1. The van der Waals surface area contributed by atoms with E-state index in [2.05, 4.69) is 10.3 Å². The van der Waals surface area contributed by atoms with Crippen LogP contribution in [-0.2, 0) is 12.7 Å². The lowest BCUT2D eigenvalue weighted by molar-refractivity contribution is -0.139. The first kappa shape index (κ1) is 15.9. The van der Waals surface area contributed by atoms with Crippen LogP contribution in [0.3, 0.4) is 0 Å². The molecule has 1 aromatic carbocycles. The molecule has 21 heavy (non-hydrogen) atoms. The van der Waals surface area contributed by atoms with Gasteiger partial charge in [-0.05, 0) is 42.9 Å². The molecule has 2 rings (SSSR count). The Morgan fingerprint density at radius 3 is 2.67 bits per heavy atom. The van der Waals surface area contributed by atoms with Crippen LogP contribution in [0.2, 0.25) is 0 Å². The van der Waals surface area contributed by atoms with Crippen LogP contribution in [0.4, 0.5) is 13.2 Å². The molecule has 0 aliphatic carbocycles. The Morgan fingerprint density at radius 1 is 1.33 bits per heavy atom. The quantitative estimate of drug-likeness (QED) is 0.894. The summed E-state index contributed by atoms with van der Waals surface area (Å²) in [5.41, 5.74) is 0.561. The van der Waals surface area contributed by atoms with Crippen LogP contribution in [0.5, 0.6) is 0 Å². The maximum Gasteiger partial charge on any atom is 0.417 e. The van der Waals surface area contributed by atoms with E-state index in [1.807, 2.05) is 6.92 Å². The molecule has 0 spiro atoms. The SMILES string of the molecule is CCNCc1ccc(Sc2nc(C)co2)c(C(F)(F)F)c1. The van der Waals surface area contributed by atoms with Crippen LogP contribution < -0.4 is 5.32 Å². The fraction of sp³-hybridized carbons (Fsp3) is 0.357. The number of nitrogens with zero attached hydrogens (tertiary/aromatic N) is 1. The van der Waals surface area contributed by atoms with Crippen molar-refractivity contribution in [2.45, 2.75) is 36.7 Å². The minimum Gasteiger partial charge on any atom is -0.439 e. The predicted molar refractivity (Wildman–Crippen MR) is 74.2 cm³/mol. The molecule has 2 aromatic rings. The van der Waals surface area contributed by atoms with Gasteiger partial charge in [-0.25, -0.2) is 4.98 Å². The van der Waals surface area contributed by atoms with Crippen molar-refractivity contribution in [3.63, 3.8) is 0 Å². The highest BCUT2D eigenvalue weighted by molar-refractivity contribution is 7.99. The van der Waals surface area contributed by atoms with Crippen molar-refractivity contribution in [3.05, 3.63) is 41.3 Å². The van der Waals surface area contributed by atoms with Gasteiger partial charge in [0.1, 0.15) is 6.26 Å². The third-order valence-electron chi connectivity index (χ3n) is 2.72. The summed E-state index contributed by atoms with van der Waals surface area (Å²) in [6.45, 7) is 4.73. The number of hydrogen-bond acceptors (Lipinski definition) is 4. The molecule has 0 bridgehead atoms. The number of aryl methyl sites for hydroxylation is 1. The largest absolute Gasteiger partial charge is 0.439 e. The zero-order chi connectivity index (χ0) is 15.5. The van der Waals surface area contributed by atoms with E-state index < -0.39 is 11.7 Å². The molecule has 0 unspecified atom stereocenters. The standard InChI is InChI=1S/C14H15F3N2OS/c1-3-18-7-10-4-5-12(11(6-10)14(15,16)17)21-13-19-9(2)8-20-13/h4-6,8,18H,3,7H2,1-2H3. The van der Waals surface area contributed by atoms with Gasteiger partial charge in [0, 0.05) is 11.4 Å². The van der Waals surface area contributed by atoms with Gasteiger partial charge in [-0.1, -0.05) is 13.0 Å². The Morgan fingerprint density at radius 2 is 2.10 bits per heavy atom. The van der Waals surface area contributed by atoms with E-state index in [1.54, 1.807) is 13.0 Å². The number of oxazole rings is 1. The zero-order valence-corrected chi connectivity index (χ0v) is 12.4. The van der Waals surface area contributed by atoms with Crippen molar-refractivity contribution in [1.82, 2.24) is 10.3 Å². The van der Waals surface area contributed by atoms with Crippen LogP contribution in [0, 0.1) is 6.92 Å². The molecule has 7 heteroatoms. The van der Waals surface area contributed by atoms with Crippen LogP contribution >= 0.6 is 11.8 Å². The highest BCUT2D eigenvalue weighted by atomic mass is 32.2. The number of benzene rings is 1. The van der Waals surface area contributed by atoms with Crippen LogP contribution in [0.1, 0.15) is 23.7 Å². The van der Waals surface area contributed by atoms with E-state index in [9.17, 15) is 13.2 Å². The highest BCUT2D eigenvalue weighted by Gasteiger charge is 2.34. The first-order valence-corrected chi connectivity index (χ1v) is 7.22. The summed E-state index contributed by atoms with van der Waals surface area (Å²) in [5.74, 6) is 0. The Labute approximate surface area is 124 Å². The molecule has 1 aromatic heterocycles. The van der Waals surface area contributed by atoms with Crippen molar-refractivity contribution in [2.75, 3.05) is 6.54 Å². The molecule has 0 saturated carbocycles. The molecule has 0 fully saturated rings. The van der Waals surface area contributed by atoms with Crippen molar-refractivity contribution in [1.29, 1.82) is 0 Å². The van der Waals surface area contributed by atoms with Crippen LogP contribution in [0.15, 0.2) is 39.0 Å². The second kappa shape index (κ2) is 6.53. The third kappa shape index (κ3) is 4.25. The topological polar surface area (TPSA) is 38.1 Å². The van der Waals surface area contributed by atoms with Crippen molar-refractivity contribution < 1.29 is 17.6 Å². The van der Waals surface area contributed by atoms with Gasteiger partial charge >= 0.3 is 6.18 Å². The molecule has 3 nitrogen and oxygen atoms in total. The van der Waals surface area contributed by atoms with E-state index >= 15 is 0 Å². The summed E-state index contributed by atoms with van der Waals surface area (Å²) in [7, 11) is 0. The minimum absolute atomic E-state index is 0.0876. The smallest absolute Gasteiger partial charge is 0.417 e. The Balaban J connectivity index is 2.31. The number of nitrogens with one attached hydrogen (secondary N) is 1. The van der Waals surface area contributed by atoms with E-state index in [0.29, 0.717) is 24.3 Å². The molecule has 1 N–H and O–H groups in total. The van der Waals surface area contributed by atoms with E-state index in [0.717, 1.165) is 11.8 Å². The van der Waals surface area contributed by atoms with Gasteiger partial charge < -0.3 is 9.73 Å². The Bertz CT molecular complexity index is 611. The van der Waals surface area contributed by atoms with E-state index in [1.165, 1.54) is 18.4 Å². The normalized spacial score (nSPS) is 11.9. The molecule has 0 aliphatic rings. The van der Waals surface area contributed by atoms with Gasteiger partial charge in [0.25, 0.3) is 5.22 Å². The van der Waals surface area contributed by atoms with Gasteiger partial charge in [-0.15, -0.1) is 0 Å². The fourth-order valence-electron chi connectivity index (χ4n) is 1.74. The summed E-state index contributed by atoms with van der Waals surface area (Å²) in [6.07, 6.45) is -3.00. The highest BCUT2D eigenvalue weighted by Crippen LogP contribution is 2.39. The van der Waals surface area contributed by atoms with Gasteiger partial charge in [0.2, 0.25) is 0 Å². The molecule has 0 aliphatic heterocycles. The molecular weight excluding hydrogens is 301 g/mol. The van der Waals surface area contributed by atoms with Crippen LogP contribution in [-0.4, -0.2) is 11.5 Å². The average molecular weight is 316 g/mol. The second-order valence-corrected chi connectivity index (χ2v) is 5.46. The lowest BCUT2D eigenvalue weighted by Gasteiger charge is -2.13. The van der Waals surface area contributed by atoms with Crippen molar-refractivity contribution >= 4 is 11.8 Å². The number of alkyl halides is 3. The van der Waals surface area contributed by atoms with Gasteiger partial charge in [0.05, 0.1) is 11.3 Å². The maximum absolute atomic E-state index is 13.2. The van der Waals surface area contributed by atoms with Crippen molar-refractivity contribution in [3.8, 4) is 0 Å². The molecule has 1 heterocycles. The molecule has 0 atom stereocenters. The monoisotopic (exact) mass is 316 g/mol. The number of halogens is 3. The zero-order valence-electron chi connectivity index (χ0n) is 11.6. The fourth-order valence-corrected chi connectivity index (χ4v) is 2.63. The van der Waals surface area contributed by atoms with Crippen molar-refractivity contribution in [2.24, 2.45) is 0 Å². The van der Waals surface area contributed by atoms with E-state index in [4.69, 9.17) is 4.42 Å².